The molecule has 3 rings (SSSR count). The SMILES string of the molecule is COc1ccc(F)cc1C1CCN(c2ccnc(NN)c2Cl)CC1. The third-order valence-electron chi connectivity index (χ3n) is 4.47. The molecule has 1 fully saturated rings. The molecule has 128 valence electrons. The van der Waals surface area contributed by atoms with E-state index in [1.807, 2.05) is 6.07 Å². The Kier molecular flexibility index (Phi) is 5.06. The zero-order chi connectivity index (χ0) is 17.1. The highest BCUT2D eigenvalue weighted by Crippen LogP contribution is 2.38. The largest absolute Gasteiger partial charge is 0.496 e. The summed E-state index contributed by atoms with van der Waals surface area (Å²) in [6, 6.07) is 6.58. The molecule has 3 N–H and O–H groups in total. The number of hydrogen-bond donors (Lipinski definition) is 2. The first-order valence-electron chi connectivity index (χ1n) is 7.83. The third kappa shape index (κ3) is 3.25. The highest BCUT2D eigenvalue weighted by Gasteiger charge is 2.25. The van der Waals surface area contributed by atoms with Crippen LogP contribution in [0, 0.1) is 5.82 Å². The van der Waals surface area contributed by atoms with Crippen molar-refractivity contribution >= 4 is 23.1 Å². The van der Waals surface area contributed by atoms with E-state index in [9.17, 15) is 4.39 Å². The van der Waals surface area contributed by atoms with Crippen LogP contribution in [0.1, 0.15) is 24.3 Å². The number of pyridine rings is 1. The maximum Gasteiger partial charge on any atom is 0.160 e. The summed E-state index contributed by atoms with van der Waals surface area (Å²) < 4.78 is 19.0. The Bertz CT molecular complexity index is 720. The molecular weight excluding hydrogens is 331 g/mol. The minimum absolute atomic E-state index is 0.232. The number of nitrogen functional groups attached to an aromatic ring is 1. The van der Waals surface area contributed by atoms with E-state index in [1.165, 1.54) is 6.07 Å². The lowest BCUT2D eigenvalue weighted by atomic mass is 9.88. The molecule has 0 atom stereocenters. The molecule has 7 heteroatoms. The molecule has 1 saturated heterocycles. The lowest BCUT2D eigenvalue weighted by Gasteiger charge is -2.34. The summed E-state index contributed by atoms with van der Waals surface area (Å²) in [5.41, 5.74) is 4.34. The Balaban J connectivity index is 1.76. The maximum absolute atomic E-state index is 13.6. The first kappa shape index (κ1) is 16.8. The molecule has 0 saturated carbocycles. The Labute approximate surface area is 145 Å². The van der Waals surface area contributed by atoms with Crippen LogP contribution in [0.4, 0.5) is 15.9 Å². The van der Waals surface area contributed by atoms with Gasteiger partial charge in [0.25, 0.3) is 0 Å². The van der Waals surface area contributed by atoms with E-state index < -0.39 is 0 Å². The Hall–Kier alpha value is -2.05. The van der Waals surface area contributed by atoms with Gasteiger partial charge in [-0.05, 0) is 43.0 Å². The number of nitrogens with zero attached hydrogens (tertiary/aromatic N) is 2. The van der Waals surface area contributed by atoms with Gasteiger partial charge < -0.3 is 15.1 Å². The number of benzene rings is 1. The molecular formula is C17H20ClFN4O. The number of nitrogens with one attached hydrogen (secondary N) is 1. The lowest BCUT2D eigenvalue weighted by Crippen LogP contribution is -2.33. The van der Waals surface area contributed by atoms with Crippen molar-refractivity contribution in [2.24, 2.45) is 5.84 Å². The van der Waals surface area contributed by atoms with Crippen molar-refractivity contribution in [1.82, 2.24) is 4.98 Å². The van der Waals surface area contributed by atoms with E-state index >= 15 is 0 Å². The zero-order valence-corrected chi connectivity index (χ0v) is 14.2. The number of hydrazine groups is 1. The van der Waals surface area contributed by atoms with Gasteiger partial charge in [0.05, 0.1) is 12.8 Å². The molecule has 0 unspecified atom stereocenters. The van der Waals surface area contributed by atoms with E-state index in [2.05, 4.69) is 15.3 Å². The number of halogens is 2. The molecule has 5 nitrogen and oxygen atoms in total. The molecule has 0 amide bonds. The standard InChI is InChI=1S/C17H20ClFN4O/c1-24-15-3-2-12(19)10-13(15)11-5-8-23(9-6-11)14-4-7-21-17(22-20)16(14)18/h2-4,7,10-11H,5-6,8-9,20H2,1H3,(H,21,22). The fourth-order valence-corrected chi connectivity index (χ4v) is 3.52. The topological polar surface area (TPSA) is 63.4 Å². The third-order valence-corrected chi connectivity index (χ3v) is 4.85. The molecule has 2 heterocycles. The van der Waals surface area contributed by atoms with Gasteiger partial charge in [0.15, 0.2) is 5.82 Å². The van der Waals surface area contributed by atoms with Gasteiger partial charge in [-0.15, -0.1) is 0 Å². The van der Waals surface area contributed by atoms with Gasteiger partial charge in [-0.2, -0.15) is 0 Å². The van der Waals surface area contributed by atoms with Crippen molar-refractivity contribution < 1.29 is 9.13 Å². The number of aromatic nitrogens is 1. The predicted octanol–water partition coefficient (Wildman–Crippen LogP) is 3.55. The average molecular weight is 351 g/mol. The quantitative estimate of drug-likeness (QED) is 0.652. The molecule has 24 heavy (non-hydrogen) atoms. The van der Waals surface area contributed by atoms with Gasteiger partial charge in [0.2, 0.25) is 0 Å². The number of hydrogen-bond acceptors (Lipinski definition) is 5. The van der Waals surface area contributed by atoms with Gasteiger partial charge in [-0.25, -0.2) is 15.2 Å². The summed E-state index contributed by atoms with van der Waals surface area (Å²) in [7, 11) is 1.62. The average Bonchev–Trinajstić information content (AvgIpc) is 2.62. The Morgan fingerprint density at radius 3 is 2.75 bits per heavy atom. The monoisotopic (exact) mass is 350 g/mol. The van der Waals surface area contributed by atoms with Crippen molar-refractivity contribution in [2.75, 3.05) is 30.5 Å². The molecule has 0 radical (unpaired) electrons. The van der Waals surface area contributed by atoms with Crippen molar-refractivity contribution in [1.29, 1.82) is 0 Å². The van der Waals surface area contributed by atoms with Gasteiger partial charge in [0.1, 0.15) is 16.6 Å². The van der Waals surface area contributed by atoms with Gasteiger partial charge in [-0.3, -0.25) is 0 Å². The summed E-state index contributed by atoms with van der Waals surface area (Å²) in [6.07, 6.45) is 3.46. The lowest BCUT2D eigenvalue weighted by molar-refractivity contribution is 0.395. The first-order valence-corrected chi connectivity index (χ1v) is 8.21. The summed E-state index contributed by atoms with van der Waals surface area (Å²) >= 11 is 6.35. The molecule has 2 aromatic rings. The van der Waals surface area contributed by atoms with E-state index in [-0.39, 0.29) is 11.7 Å². The smallest absolute Gasteiger partial charge is 0.160 e. The summed E-state index contributed by atoms with van der Waals surface area (Å²) in [6.45, 7) is 1.64. The first-order chi connectivity index (χ1) is 11.6. The van der Waals surface area contributed by atoms with Crippen LogP contribution in [-0.2, 0) is 0 Å². The molecule has 1 aromatic heterocycles. The normalized spacial score (nSPS) is 15.4. The van der Waals surface area contributed by atoms with Crippen LogP contribution in [0.3, 0.4) is 0 Å². The highest BCUT2D eigenvalue weighted by molar-refractivity contribution is 6.35. The number of anilines is 2. The van der Waals surface area contributed by atoms with Crippen molar-refractivity contribution in [2.45, 2.75) is 18.8 Å². The predicted molar refractivity (Wildman–Crippen MR) is 94.2 cm³/mol. The molecule has 0 aliphatic carbocycles. The maximum atomic E-state index is 13.6. The highest BCUT2D eigenvalue weighted by atomic mass is 35.5. The number of ether oxygens (including phenoxy) is 1. The molecule has 1 aromatic carbocycles. The molecule has 0 bridgehead atoms. The van der Waals surface area contributed by atoms with Gasteiger partial charge in [0, 0.05) is 24.8 Å². The van der Waals surface area contributed by atoms with Crippen LogP contribution in [0.15, 0.2) is 30.5 Å². The molecule has 1 aliphatic heterocycles. The van der Waals surface area contributed by atoms with E-state index in [0.29, 0.717) is 10.8 Å². The van der Waals surface area contributed by atoms with E-state index in [4.69, 9.17) is 22.2 Å². The number of methoxy groups -OCH3 is 1. The minimum atomic E-state index is -0.232. The molecule has 0 spiro atoms. The second kappa shape index (κ2) is 7.23. The summed E-state index contributed by atoms with van der Waals surface area (Å²) in [5.74, 6) is 6.66. The Morgan fingerprint density at radius 2 is 2.08 bits per heavy atom. The van der Waals surface area contributed by atoms with Crippen molar-refractivity contribution in [3.63, 3.8) is 0 Å². The van der Waals surface area contributed by atoms with E-state index in [0.717, 1.165) is 42.9 Å². The fraction of sp³-hybridized carbons (Fsp3) is 0.353. The minimum Gasteiger partial charge on any atom is -0.496 e. The second-order valence-corrected chi connectivity index (χ2v) is 6.16. The molecule has 1 aliphatic rings. The summed E-state index contributed by atoms with van der Waals surface area (Å²) in [5, 5.41) is 0.516. The van der Waals surface area contributed by atoms with Crippen LogP contribution in [0.25, 0.3) is 0 Å². The van der Waals surface area contributed by atoms with Gasteiger partial charge >= 0.3 is 0 Å². The number of nitrogens with two attached hydrogens (primary N) is 1. The second-order valence-electron chi connectivity index (χ2n) is 5.78. The van der Waals surface area contributed by atoms with Crippen LogP contribution < -0.4 is 20.9 Å². The number of piperidine rings is 1. The van der Waals surface area contributed by atoms with E-state index in [1.54, 1.807) is 25.4 Å². The van der Waals surface area contributed by atoms with Crippen molar-refractivity contribution in [3.05, 3.63) is 46.9 Å². The Morgan fingerprint density at radius 1 is 1.33 bits per heavy atom. The van der Waals surface area contributed by atoms with Crippen molar-refractivity contribution in [3.8, 4) is 5.75 Å². The van der Waals surface area contributed by atoms with Gasteiger partial charge in [-0.1, -0.05) is 11.6 Å². The van der Waals surface area contributed by atoms with Crippen LogP contribution in [0.2, 0.25) is 5.02 Å². The van der Waals surface area contributed by atoms with Crippen LogP contribution >= 0.6 is 11.6 Å². The zero-order valence-electron chi connectivity index (χ0n) is 13.4. The van der Waals surface area contributed by atoms with Crippen LogP contribution in [0.5, 0.6) is 5.75 Å². The number of rotatable bonds is 4. The fourth-order valence-electron chi connectivity index (χ4n) is 3.23. The van der Waals surface area contributed by atoms with Crippen LogP contribution in [-0.4, -0.2) is 25.2 Å². The summed E-state index contributed by atoms with van der Waals surface area (Å²) in [4.78, 5) is 6.30.